The van der Waals surface area contributed by atoms with Gasteiger partial charge >= 0.3 is 0 Å². The summed E-state index contributed by atoms with van der Waals surface area (Å²) in [5, 5.41) is 12.6. The number of imidazole rings is 1. The Morgan fingerprint density at radius 1 is 1.20 bits per heavy atom. The molecule has 2 aromatic heterocycles. The summed E-state index contributed by atoms with van der Waals surface area (Å²) in [6.45, 7) is 1.28. The number of nitrogens with zero attached hydrogens (tertiary/aromatic N) is 4. The molecule has 4 aromatic rings. The van der Waals surface area contributed by atoms with E-state index in [4.69, 9.17) is 9.72 Å². The molecular weight excluding hydrogens is 425 g/mol. The van der Waals surface area contributed by atoms with Crippen LogP contribution in [0.4, 0.5) is 10.1 Å². The maximum absolute atomic E-state index is 13.0. The van der Waals surface area contributed by atoms with E-state index in [1.165, 1.54) is 47.4 Å². The van der Waals surface area contributed by atoms with Gasteiger partial charge in [0, 0.05) is 19.3 Å². The lowest BCUT2D eigenvalue weighted by atomic mass is 10.3. The molecule has 10 heteroatoms. The average Bonchev–Trinajstić information content (AvgIpc) is 3.37. The molecule has 0 saturated heterocycles. The summed E-state index contributed by atoms with van der Waals surface area (Å²) in [5.41, 5.74) is 2.47. The van der Waals surface area contributed by atoms with Crippen molar-refractivity contribution in [2.24, 2.45) is 0 Å². The Morgan fingerprint density at radius 3 is 2.80 bits per heavy atom. The lowest BCUT2D eigenvalue weighted by Gasteiger charge is -2.07. The maximum atomic E-state index is 13.0. The van der Waals surface area contributed by atoms with Crippen LogP contribution in [0.25, 0.3) is 11.0 Å². The smallest absolute Gasteiger partial charge is 0.286 e. The van der Waals surface area contributed by atoms with Crippen molar-refractivity contribution in [3.05, 3.63) is 64.4 Å². The lowest BCUT2D eigenvalue weighted by Crippen LogP contribution is -2.11. The zero-order valence-corrected chi connectivity index (χ0v) is 17.7. The number of halogens is 1. The molecule has 0 atom stereocenters. The molecule has 0 bridgehead atoms. The van der Waals surface area contributed by atoms with Crippen LogP contribution in [0.15, 0.2) is 53.7 Å². The molecule has 1 amide bonds. The molecule has 30 heavy (non-hydrogen) atoms. The van der Waals surface area contributed by atoms with Crippen LogP contribution in [0, 0.1) is 5.82 Å². The summed E-state index contributed by atoms with van der Waals surface area (Å²) >= 11 is 2.76. The summed E-state index contributed by atoms with van der Waals surface area (Å²) < 4.78 is 20.3. The summed E-state index contributed by atoms with van der Waals surface area (Å²) in [7, 11) is 1.67. The molecule has 0 aliphatic rings. The number of hydrogen-bond donors (Lipinski definition) is 1. The molecule has 0 fully saturated rings. The number of thioether (sulfide) groups is 1. The van der Waals surface area contributed by atoms with Gasteiger partial charge in [-0.3, -0.25) is 4.79 Å². The molecule has 0 radical (unpaired) electrons. The number of para-hydroxylation sites is 2. The molecule has 7 nitrogen and oxygen atoms in total. The highest BCUT2D eigenvalue weighted by Gasteiger charge is 2.16. The second-order valence-corrected chi connectivity index (χ2v) is 8.28. The van der Waals surface area contributed by atoms with Crippen molar-refractivity contribution >= 4 is 45.7 Å². The predicted octanol–water partition coefficient (Wildman–Crippen LogP) is 4.22. The fourth-order valence-corrected chi connectivity index (χ4v) is 4.57. The molecule has 0 saturated carbocycles. The summed E-state index contributed by atoms with van der Waals surface area (Å²) in [4.78, 5) is 17.0. The Balaban J connectivity index is 1.44. The van der Waals surface area contributed by atoms with Gasteiger partial charge in [-0.2, -0.15) is 0 Å². The van der Waals surface area contributed by atoms with Gasteiger partial charge in [-0.25, -0.2) is 9.37 Å². The van der Waals surface area contributed by atoms with Crippen molar-refractivity contribution in [2.45, 2.75) is 17.5 Å². The first-order valence-electron chi connectivity index (χ1n) is 9.10. The van der Waals surface area contributed by atoms with Gasteiger partial charge in [0.25, 0.3) is 5.91 Å². The SMILES string of the molecule is COCCn1c(SCc2nnc(C(=O)Nc3ccc(F)cc3)s2)nc2ccccc21. The first-order chi connectivity index (χ1) is 14.6. The molecule has 1 N–H and O–H groups in total. The number of methoxy groups -OCH3 is 1. The van der Waals surface area contributed by atoms with Crippen LogP contribution in [-0.2, 0) is 17.0 Å². The summed E-state index contributed by atoms with van der Waals surface area (Å²) in [6, 6.07) is 13.5. The van der Waals surface area contributed by atoms with Gasteiger partial charge in [-0.1, -0.05) is 35.2 Å². The van der Waals surface area contributed by atoms with Gasteiger partial charge in [0.15, 0.2) is 5.16 Å². The minimum Gasteiger partial charge on any atom is -0.383 e. The number of anilines is 1. The van der Waals surface area contributed by atoms with Crippen molar-refractivity contribution in [1.82, 2.24) is 19.7 Å². The number of nitrogens with one attached hydrogen (secondary N) is 1. The normalized spacial score (nSPS) is 11.1. The average molecular weight is 444 g/mol. The van der Waals surface area contributed by atoms with Crippen LogP contribution >= 0.6 is 23.1 Å². The third-order valence-electron chi connectivity index (χ3n) is 4.23. The van der Waals surface area contributed by atoms with E-state index in [-0.39, 0.29) is 16.7 Å². The number of fused-ring (bicyclic) bond motifs is 1. The standard InChI is InChI=1S/C20H18FN5O2S2/c1-28-11-10-26-16-5-3-2-4-15(16)23-20(26)29-12-17-24-25-19(30-17)18(27)22-14-8-6-13(21)7-9-14/h2-9H,10-12H2,1H3,(H,22,27). The van der Waals surface area contributed by atoms with Gasteiger partial charge in [-0.05, 0) is 36.4 Å². The largest absolute Gasteiger partial charge is 0.383 e. The maximum Gasteiger partial charge on any atom is 0.286 e. The van der Waals surface area contributed by atoms with E-state index in [1.807, 2.05) is 24.3 Å². The number of benzene rings is 2. The van der Waals surface area contributed by atoms with Crippen molar-refractivity contribution in [2.75, 3.05) is 19.0 Å². The van der Waals surface area contributed by atoms with E-state index in [0.29, 0.717) is 24.6 Å². The van der Waals surface area contributed by atoms with E-state index in [0.717, 1.165) is 21.2 Å². The molecule has 4 rings (SSSR count). The molecule has 0 unspecified atom stereocenters. The molecule has 2 heterocycles. The Bertz CT molecular complexity index is 1160. The molecule has 0 aliphatic carbocycles. The van der Waals surface area contributed by atoms with Crippen LogP contribution in [-0.4, -0.2) is 39.4 Å². The second kappa shape index (κ2) is 9.33. The highest BCUT2D eigenvalue weighted by molar-refractivity contribution is 7.98. The van der Waals surface area contributed by atoms with Gasteiger partial charge in [-0.15, -0.1) is 10.2 Å². The van der Waals surface area contributed by atoms with E-state index in [9.17, 15) is 9.18 Å². The molecule has 2 aromatic carbocycles. The quantitative estimate of drug-likeness (QED) is 0.411. The van der Waals surface area contributed by atoms with Crippen molar-refractivity contribution in [1.29, 1.82) is 0 Å². The highest BCUT2D eigenvalue weighted by Crippen LogP contribution is 2.28. The van der Waals surface area contributed by atoms with Crippen LogP contribution in [0.2, 0.25) is 0 Å². The minimum atomic E-state index is -0.373. The first-order valence-corrected chi connectivity index (χ1v) is 10.9. The van der Waals surface area contributed by atoms with Gasteiger partial charge in [0.1, 0.15) is 10.8 Å². The highest BCUT2D eigenvalue weighted by atomic mass is 32.2. The summed E-state index contributed by atoms with van der Waals surface area (Å²) in [5.74, 6) is -0.194. The first kappa shape index (κ1) is 20.5. The number of rotatable bonds is 8. The lowest BCUT2D eigenvalue weighted by molar-refractivity contribution is 0.102. The zero-order chi connectivity index (χ0) is 20.9. The predicted molar refractivity (Wildman–Crippen MR) is 115 cm³/mol. The number of carbonyl (C=O) groups excluding carboxylic acids is 1. The zero-order valence-electron chi connectivity index (χ0n) is 16.0. The van der Waals surface area contributed by atoms with Gasteiger partial charge in [0.05, 0.1) is 23.4 Å². The molecule has 0 aliphatic heterocycles. The Morgan fingerprint density at radius 2 is 2.00 bits per heavy atom. The molecule has 154 valence electrons. The number of carbonyl (C=O) groups is 1. The van der Waals surface area contributed by atoms with E-state index < -0.39 is 0 Å². The van der Waals surface area contributed by atoms with Crippen molar-refractivity contribution in [3.63, 3.8) is 0 Å². The molecule has 0 spiro atoms. The third kappa shape index (κ3) is 4.66. The number of ether oxygens (including phenoxy) is 1. The monoisotopic (exact) mass is 443 g/mol. The molecular formula is C20H18FN5O2S2. The Labute approximate surface area is 180 Å². The van der Waals surface area contributed by atoms with Gasteiger partial charge in [0.2, 0.25) is 5.01 Å². The van der Waals surface area contributed by atoms with Crippen LogP contribution in [0.5, 0.6) is 0 Å². The minimum absolute atomic E-state index is 0.253. The summed E-state index contributed by atoms with van der Waals surface area (Å²) in [6.07, 6.45) is 0. The van der Waals surface area contributed by atoms with E-state index in [2.05, 4.69) is 20.1 Å². The van der Waals surface area contributed by atoms with Gasteiger partial charge < -0.3 is 14.6 Å². The van der Waals surface area contributed by atoms with Crippen LogP contribution in [0.3, 0.4) is 0 Å². The number of aromatic nitrogens is 4. The second-order valence-electron chi connectivity index (χ2n) is 6.28. The fraction of sp³-hybridized carbons (Fsp3) is 0.200. The van der Waals surface area contributed by atoms with Crippen LogP contribution < -0.4 is 5.32 Å². The van der Waals surface area contributed by atoms with E-state index >= 15 is 0 Å². The van der Waals surface area contributed by atoms with Crippen molar-refractivity contribution in [3.8, 4) is 0 Å². The van der Waals surface area contributed by atoms with Crippen molar-refractivity contribution < 1.29 is 13.9 Å². The number of hydrogen-bond acceptors (Lipinski definition) is 7. The topological polar surface area (TPSA) is 81.9 Å². The van der Waals surface area contributed by atoms with Crippen LogP contribution in [0.1, 0.15) is 14.8 Å². The number of amides is 1. The Kier molecular flexibility index (Phi) is 6.36. The fourth-order valence-electron chi connectivity index (χ4n) is 2.81. The third-order valence-corrected chi connectivity index (χ3v) is 6.32. The Hall–Kier alpha value is -2.82. The van der Waals surface area contributed by atoms with E-state index in [1.54, 1.807) is 7.11 Å².